The van der Waals surface area contributed by atoms with Gasteiger partial charge in [0.15, 0.2) is 0 Å². The van der Waals surface area contributed by atoms with Crippen LogP contribution in [0.5, 0.6) is 0 Å². The Kier molecular flexibility index (Phi) is 5.04. The van der Waals surface area contributed by atoms with Crippen molar-refractivity contribution in [2.45, 2.75) is 5.38 Å². The van der Waals surface area contributed by atoms with Gasteiger partial charge in [-0.2, -0.15) is 0 Å². The Balaban J connectivity index is 2.52. The third kappa shape index (κ3) is 3.38. The molecule has 0 nitrogen and oxygen atoms in total. The van der Waals surface area contributed by atoms with Crippen LogP contribution in [0.15, 0.2) is 43.7 Å². The minimum Gasteiger partial charge on any atom is -0.207 e. The molecule has 2 aromatic rings. The van der Waals surface area contributed by atoms with Crippen LogP contribution in [0, 0.1) is 11.6 Å². The topological polar surface area (TPSA) is 0 Å². The molecule has 0 spiro atoms. The third-order valence-electron chi connectivity index (χ3n) is 2.54. The number of hydrogen-bond donors (Lipinski definition) is 0. The summed E-state index contributed by atoms with van der Waals surface area (Å²) in [5, 5.41) is -0.783. The maximum atomic E-state index is 13.9. The van der Waals surface area contributed by atoms with Crippen LogP contribution in [0.25, 0.3) is 0 Å². The van der Waals surface area contributed by atoms with E-state index in [0.29, 0.717) is 5.56 Å². The first-order valence-corrected chi connectivity index (χ1v) is 7.95. The summed E-state index contributed by atoms with van der Waals surface area (Å²) >= 11 is 15.9. The summed E-state index contributed by atoms with van der Waals surface area (Å²) in [6.45, 7) is 0. The molecule has 1 unspecified atom stereocenters. The molecule has 6 heteroatoms. The highest BCUT2D eigenvalue weighted by Crippen LogP contribution is 2.37. The van der Waals surface area contributed by atoms with E-state index in [1.54, 1.807) is 12.1 Å². The van der Waals surface area contributed by atoms with Gasteiger partial charge in [0.05, 0.1) is 9.85 Å². The van der Waals surface area contributed by atoms with Gasteiger partial charge in [-0.3, -0.25) is 0 Å². The fourth-order valence-corrected chi connectivity index (χ4v) is 3.26. The molecule has 2 aromatic carbocycles. The first kappa shape index (κ1) is 15.4. The van der Waals surface area contributed by atoms with Crippen molar-refractivity contribution in [3.63, 3.8) is 0 Å². The summed E-state index contributed by atoms with van der Waals surface area (Å²) < 4.78 is 29.0. The van der Waals surface area contributed by atoms with Gasteiger partial charge in [-0.25, -0.2) is 8.78 Å². The number of alkyl halides is 1. The average molecular weight is 475 g/mol. The first-order chi connectivity index (χ1) is 8.90. The molecule has 19 heavy (non-hydrogen) atoms. The van der Waals surface area contributed by atoms with Crippen molar-refractivity contribution in [1.29, 1.82) is 0 Å². The molecule has 0 bridgehead atoms. The van der Waals surface area contributed by atoms with Gasteiger partial charge < -0.3 is 0 Å². The molecule has 0 aliphatic heterocycles. The van der Waals surface area contributed by atoms with Gasteiger partial charge >= 0.3 is 0 Å². The summed E-state index contributed by atoms with van der Waals surface area (Å²) in [6.07, 6.45) is 0. The van der Waals surface area contributed by atoms with E-state index in [0.717, 1.165) is 21.1 Å². The van der Waals surface area contributed by atoms with E-state index >= 15 is 0 Å². The smallest absolute Gasteiger partial charge is 0.137 e. The fourth-order valence-electron chi connectivity index (χ4n) is 1.61. The molecule has 0 fully saturated rings. The molecule has 100 valence electrons. The van der Waals surface area contributed by atoms with Crippen LogP contribution in [-0.2, 0) is 0 Å². The molecule has 0 saturated carbocycles. The minimum atomic E-state index is -0.783. The predicted octanol–water partition coefficient (Wildman–Crippen LogP) is 6.58. The highest BCUT2D eigenvalue weighted by atomic mass is 79.9. The van der Waals surface area contributed by atoms with Crippen molar-refractivity contribution in [3.05, 3.63) is 66.5 Å². The van der Waals surface area contributed by atoms with E-state index in [2.05, 4.69) is 47.8 Å². The van der Waals surface area contributed by atoms with Crippen LogP contribution in [0.1, 0.15) is 16.5 Å². The SMILES string of the molecule is Fc1cc(C(Cl)c2cc(Br)ccc2Br)c(F)cc1Br. The van der Waals surface area contributed by atoms with Crippen molar-refractivity contribution in [2.75, 3.05) is 0 Å². The van der Waals surface area contributed by atoms with Crippen LogP contribution >= 0.6 is 59.4 Å². The van der Waals surface area contributed by atoms with Crippen molar-refractivity contribution in [1.82, 2.24) is 0 Å². The van der Waals surface area contributed by atoms with Crippen LogP contribution in [-0.4, -0.2) is 0 Å². The standard InChI is InChI=1S/C13H6Br3ClF2/c14-6-1-2-9(15)7(3-6)13(17)8-4-12(19)10(16)5-11(8)18/h1-5,13H. The van der Waals surface area contributed by atoms with Gasteiger partial charge in [-0.15, -0.1) is 11.6 Å². The van der Waals surface area contributed by atoms with E-state index in [1.165, 1.54) is 0 Å². The molecule has 0 N–H and O–H groups in total. The maximum absolute atomic E-state index is 13.9. The molecular weight excluding hydrogens is 469 g/mol. The molecule has 2 rings (SSSR count). The lowest BCUT2D eigenvalue weighted by Crippen LogP contribution is -2.00. The largest absolute Gasteiger partial charge is 0.207 e. The average Bonchev–Trinajstić information content (AvgIpc) is 2.36. The maximum Gasteiger partial charge on any atom is 0.137 e. The molecule has 0 radical (unpaired) electrons. The van der Waals surface area contributed by atoms with Gasteiger partial charge in [0.1, 0.15) is 11.6 Å². The van der Waals surface area contributed by atoms with Crippen LogP contribution in [0.4, 0.5) is 8.78 Å². The summed E-state index contributed by atoms with van der Waals surface area (Å²) in [4.78, 5) is 0. The van der Waals surface area contributed by atoms with Crippen molar-refractivity contribution < 1.29 is 8.78 Å². The second-order valence-corrected chi connectivity index (χ2v) is 6.88. The highest BCUT2D eigenvalue weighted by Gasteiger charge is 2.20. The van der Waals surface area contributed by atoms with Crippen molar-refractivity contribution >= 4 is 59.4 Å². The van der Waals surface area contributed by atoms with Crippen LogP contribution in [0.3, 0.4) is 0 Å². The van der Waals surface area contributed by atoms with E-state index in [-0.39, 0.29) is 10.0 Å². The number of hydrogen-bond acceptors (Lipinski definition) is 0. The van der Waals surface area contributed by atoms with E-state index < -0.39 is 17.0 Å². The molecule has 0 aliphatic carbocycles. The second-order valence-electron chi connectivity index (χ2n) is 3.82. The van der Waals surface area contributed by atoms with Gasteiger partial charge in [0.2, 0.25) is 0 Å². The Morgan fingerprint density at radius 1 is 0.842 bits per heavy atom. The molecule has 0 saturated heterocycles. The fraction of sp³-hybridized carbons (Fsp3) is 0.0769. The van der Waals surface area contributed by atoms with Crippen molar-refractivity contribution in [2.24, 2.45) is 0 Å². The zero-order valence-electron chi connectivity index (χ0n) is 9.23. The number of benzene rings is 2. The second kappa shape index (κ2) is 6.20. The Labute approximate surface area is 139 Å². The normalized spacial score (nSPS) is 12.5. The summed E-state index contributed by atoms with van der Waals surface area (Å²) in [5.41, 5.74) is 0.762. The Morgan fingerprint density at radius 3 is 2.21 bits per heavy atom. The zero-order chi connectivity index (χ0) is 14.2. The molecule has 0 aliphatic rings. The van der Waals surface area contributed by atoms with E-state index in [1.807, 2.05) is 6.07 Å². The lowest BCUT2D eigenvalue weighted by atomic mass is 10.0. The summed E-state index contributed by atoms with van der Waals surface area (Å²) in [6, 6.07) is 7.56. The molecular formula is C13H6Br3ClF2. The lowest BCUT2D eigenvalue weighted by molar-refractivity contribution is 0.582. The van der Waals surface area contributed by atoms with Gasteiger partial charge in [0.25, 0.3) is 0 Å². The predicted molar refractivity (Wildman–Crippen MR) is 83.6 cm³/mol. The van der Waals surface area contributed by atoms with E-state index in [4.69, 9.17) is 11.6 Å². The Hall–Kier alpha value is 0.0300. The lowest BCUT2D eigenvalue weighted by Gasteiger charge is -2.14. The monoisotopic (exact) mass is 472 g/mol. The summed E-state index contributed by atoms with van der Waals surface area (Å²) in [7, 11) is 0. The zero-order valence-corrected chi connectivity index (χ0v) is 14.7. The van der Waals surface area contributed by atoms with Crippen LogP contribution < -0.4 is 0 Å². The first-order valence-electron chi connectivity index (χ1n) is 5.13. The van der Waals surface area contributed by atoms with Crippen LogP contribution in [0.2, 0.25) is 0 Å². The number of rotatable bonds is 2. The van der Waals surface area contributed by atoms with Gasteiger partial charge in [-0.1, -0.05) is 31.9 Å². The van der Waals surface area contributed by atoms with E-state index in [9.17, 15) is 8.78 Å². The molecule has 1 atom stereocenters. The molecule has 0 amide bonds. The summed E-state index contributed by atoms with van der Waals surface area (Å²) in [5.74, 6) is -1.10. The Bertz CT molecular complexity index is 632. The van der Waals surface area contributed by atoms with Gasteiger partial charge in [0, 0.05) is 14.5 Å². The Morgan fingerprint density at radius 2 is 1.53 bits per heavy atom. The highest BCUT2D eigenvalue weighted by molar-refractivity contribution is 9.11. The quantitative estimate of drug-likeness (QED) is 0.340. The minimum absolute atomic E-state index is 0.0749. The van der Waals surface area contributed by atoms with Crippen molar-refractivity contribution in [3.8, 4) is 0 Å². The number of halogens is 6. The molecule has 0 heterocycles. The third-order valence-corrected chi connectivity index (χ3v) is 4.84. The van der Waals surface area contributed by atoms with Gasteiger partial charge in [-0.05, 0) is 51.8 Å². The molecule has 0 aromatic heterocycles.